The van der Waals surface area contributed by atoms with Gasteiger partial charge < -0.3 is 10.8 Å². The van der Waals surface area contributed by atoms with E-state index in [1.807, 2.05) is 13.8 Å². The summed E-state index contributed by atoms with van der Waals surface area (Å²) in [5.74, 6) is -0.636. The normalized spacial score (nSPS) is 16.3. The first-order chi connectivity index (χ1) is 4.59. The number of carbonyl (C=O) groups is 1. The van der Waals surface area contributed by atoms with Crippen molar-refractivity contribution in [3.8, 4) is 0 Å². The zero-order valence-corrected chi connectivity index (χ0v) is 6.50. The molecular formula is C7H15NO2. The first-order valence-electron chi connectivity index (χ1n) is 3.57. The predicted octanol–water partition coefficient (Wildman–Crippen LogP) is 0.269. The predicted molar refractivity (Wildman–Crippen MR) is 39.3 cm³/mol. The third kappa shape index (κ3) is 2.82. The van der Waals surface area contributed by atoms with Gasteiger partial charge in [0.15, 0.2) is 0 Å². The van der Waals surface area contributed by atoms with Crippen molar-refractivity contribution in [2.24, 2.45) is 11.7 Å². The standard InChI is InChI=1S/C7H15NO2/c1-3-4-5(2)6(9)7(8)10/h5-6,9H,3-4H2,1-2H3,(H2,8,10). The largest absolute Gasteiger partial charge is 0.383 e. The number of hydrogen-bond acceptors (Lipinski definition) is 2. The molecule has 0 aromatic heterocycles. The van der Waals surface area contributed by atoms with Crippen molar-refractivity contribution < 1.29 is 9.90 Å². The number of carbonyl (C=O) groups excluding carboxylic acids is 1. The molecule has 0 rings (SSSR count). The second-order valence-corrected chi connectivity index (χ2v) is 2.61. The Morgan fingerprint density at radius 3 is 2.50 bits per heavy atom. The van der Waals surface area contributed by atoms with Gasteiger partial charge in [-0.15, -0.1) is 0 Å². The minimum Gasteiger partial charge on any atom is -0.383 e. The third-order valence-electron chi connectivity index (χ3n) is 1.57. The Morgan fingerprint density at radius 1 is 1.70 bits per heavy atom. The molecule has 60 valence electrons. The van der Waals surface area contributed by atoms with Gasteiger partial charge in [-0.1, -0.05) is 20.3 Å². The molecule has 2 unspecified atom stereocenters. The number of amides is 1. The van der Waals surface area contributed by atoms with Crippen LogP contribution in [0.5, 0.6) is 0 Å². The number of aliphatic hydroxyl groups excluding tert-OH is 1. The molecule has 3 heteroatoms. The molecular weight excluding hydrogens is 130 g/mol. The molecule has 0 fully saturated rings. The van der Waals surface area contributed by atoms with Gasteiger partial charge in [-0.25, -0.2) is 0 Å². The molecule has 3 nitrogen and oxygen atoms in total. The Morgan fingerprint density at radius 2 is 2.20 bits per heavy atom. The lowest BCUT2D eigenvalue weighted by Crippen LogP contribution is -2.33. The van der Waals surface area contributed by atoms with E-state index in [2.05, 4.69) is 0 Å². The van der Waals surface area contributed by atoms with E-state index in [0.717, 1.165) is 12.8 Å². The Balaban J connectivity index is 3.69. The van der Waals surface area contributed by atoms with Gasteiger partial charge in [0.1, 0.15) is 6.10 Å². The van der Waals surface area contributed by atoms with Crippen molar-refractivity contribution >= 4 is 5.91 Å². The lowest BCUT2D eigenvalue weighted by Gasteiger charge is -2.13. The van der Waals surface area contributed by atoms with E-state index in [0.29, 0.717) is 0 Å². The van der Waals surface area contributed by atoms with Crippen LogP contribution in [-0.2, 0) is 4.79 Å². The van der Waals surface area contributed by atoms with Crippen LogP contribution in [0.1, 0.15) is 26.7 Å². The second-order valence-electron chi connectivity index (χ2n) is 2.61. The molecule has 0 heterocycles. The van der Waals surface area contributed by atoms with Gasteiger partial charge >= 0.3 is 0 Å². The fourth-order valence-electron chi connectivity index (χ4n) is 0.894. The molecule has 0 aromatic carbocycles. The molecule has 10 heavy (non-hydrogen) atoms. The smallest absolute Gasteiger partial charge is 0.246 e. The molecule has 0 aliphatic carbocycles. The van der Waals surface area contributed by atoms with Crippen LogP contribution >= 0.6 is 0 Å². The summed E-state index contributed by atoms with van der Waals surface area (Å²) in [6, 6.07) is 0. The fraction of sp³-hybridized carbons (Fsp3) is 0.857. The van der Waals surface area contributed by atoms with Gasteiger partial charge in [0, 0.05) is 0 Å². The first kappa shape index (κ1) is 9.43. The van der Waals surface area contributed by atoms with E-state index in [-0.39, 0.29) is 5.92 Å². The van der Waals surface area contributed by atoms with E-state index in [1.54, 1.807) is 0 Å². The highest BCUT2D eigenvalue weighted by Crippen LogP contribution is 2.09. The third-order valence-corrected chi connectivity index (χ3v) is 1.57. The fourth-order valence-corrected chi connectivity index (χ4v) is 0.894. The lowest BCUT2D eigenvalue weighted by atomic mass is 9.99. The maximum Gasteiger partial charge on any atom is 0.246 e. The molecule has 0 aliphatic heterocycles. The van der Waals surface area contributed by atoms with Crippen molar-refractivity contribution in [3.05, 3.63) is 0 Å². The summed E-state index contributed by atoms with van der Waals surface area (Å²) in [4.78, 5) is 10.4. The van der Waals surface area contributed by atoms with Crippen LogP contribution in [-0.4, -0.2) is 17.1 Å². The highest BCUT2D eigenvalue weighted by atomic mass is 16.3. The summed E-state index contributed by atoms with van der Waals surface area (Å²) in [5.41, 5.74) is 4.88. The second kappa shape index (κ2) is 4.28. The SMILES string of the molecule is CCCC(C)C(O)C(N)=O. The summed E-state index contributed by atoms with van der Waals surface area (Å²) >= 11 is 0. The monoisotopic (exact) mass is 145 g/mol. The maximum absolute atomic E-state index is 10.4. The Hall–Kier alpha value is -0.570. The maximum atomic E-state index is 10.4. The highest BCUT2D eigenvalue weighted by molar-refractivity contribution is 5.78. The summed E-state index contributed by atoms with van der Waals surface area (Å²) in [5, 5.41) is 9.05. The molecule has 0 radical (unpaired) electrons. The van der Waals surface area contributed by atoms with Crippen LogP contribution < -0.4 is 5.73 Å². The van der Waals surface area contributed by atoms with E-state index < -0.39 is 12.0 Å². The zero-order chi connectivity index (χ0) is 8.15. The van der Waals surface area contributed by atoms with Gasteiger partial charge in [-0.2, -0.15) is 0 Å². The summed E-state index contributed by atoms with van der Waals surface area (Å²) < 4.78 is 0. The quantitative estimate of drug-likeness (QED) is 0.596. The molecule has 0 spiro atoms. The summed E-state index contributed by atoms with van der Waals surface area (Å²) in [7, 11) is 0. The van der Waals surface area contributed by atoms with E-state index >= 15 is 0 Å². The molecule has 2 atom stereocenters. The average molecular weight is 145 g/mol. The molecule has 0 aliphatic rings. The Labute approximate surface area is 61.2 Å². The van der Waals surface area contributed by atoms with Crippen LogP contribution in [0.25, 0.3) is 0 Å². The van der Waals surface area contributed by atoms with Crippen LogP contribution in [0.3, 0.4) is 0 Å². The van der Waals surface area contributed by atoms with Crippen LogP contribution in [0.15, 0.2) is 0 Å². The number of hydrogen-bond donors (Lipinski definition) is 2. The number of aliphatic hydroxyl groups is 1. The van der Waals surface area contributed by atoms with Crippen LogP contribution in [0.4, 0.5) is 0 Å². The van der Waals surface area contributed by atoms with Gasteiger partial charge in [-0.05, 0) is 12.3 Å². The molecule has 0 bridgehead atoms. The van der Waals surface area contributed by atoms with Gasteiger partial charge in [0.25, 0.3) is 0 Å². The van der Waals surface area contributed by atoms with Crippen molar-refractivity contribution in [2.75, 3.05) is 0 Å². The number of rotatable bonds is 4. The zero-order valence-electron chi connectivity index (χ0n) is 6.50. The van der Waals surface area contributed by atoms with Crippen molar-refractivity contribution in [3.63, 3.8) is 0 Å². The molecule has 3 N–H and O–H groups in total. The summed E-state index contributed by atoms with van der Waals surface area (Å²) in [6.07, 6.45) is 0.829. The van der Waals surface area contributed by atoms with E-state index in [4.69, 9.17) is 10.8 Å². The number of nitrogens with two attached hydrogens (primary N) is 1. The molecule has 1 amide bonds. The topological polar surface area (TPSA) is 63.3 Å². The van der Waals surface area contributed by atoms with Gasteiger partial charge in [0.05, 0.1) is 0 Å². The highest BCUT2D eigenvalue weighted by Gasteiger charge is 2.17. The average Bonchev–Trinajstić information content (AvgIpc) is 1.87. The van der Waals surface area contributed by atoms with Crippen molar-refractivity contribution in [1.82, 2.24) is 0 Å². The van der Waals surface area contributed by atoms with E-state index in [9.17, 15) is 4.79 Å². The van der Waals surface area contributed by atoms with Crippen molar-refractivity contribution in [2.45, 2.75) is 32.8 Å². The lowest BCUT2D eigenvalue weighted by molar-refractivity contribution is -0.128. The minimum atomic E-state index is -0.972. The first-order valence-corrected chi connectivity index (χ1v) is 3.57. The number of primary amides is 1. The van der Waals surface area contributed by atoms with Crippen LogP contribution in [0, 0.1) is 5.92 Å². The molecule has 0 saturated heterocycles. The van der Waals surface area contributed by atoms with E-state index in [1.165, 1.54) is 0 Å². The Kier molecular flexibility index (Phi) is 4.03. The van der Waals surface area contributed by atoms with Crippen LogP contribution in [0.2, 0.25) is 0 Å². The minimum absolute atomic E-state index is 0.0116. The summed E-state index contributed by atoms with van der Waals surface area (Å²) in [6.45, 7) is 3.82. The van der Waals surface area contributed by atoms with Gasteiger partial charge in [-0.3, -0.25) is 4.79 Å². The van der Waals surface area contributed by atoms with Gasteiger partial charge in [0.2, 0.25) is 5.91 Å². The molecule has 0 saturated carbocycles. The Bertz CT molecular complexity index is 114. The van der Waals surface area contributed by atoms with Crippen molar-refractivity contribution in [1.29, 1.82) is 0 Å². The molecule has 0 aromatic rings.